The normalized spacial score (nSPS) is 42.5. The van der Waals surface area contributed by atoms with Crippen LogP contribution in [-0.2, 0) is 33.2 Å². The van der Waals surface area contributed by atoms with Crippen LogP contribution in [-0.4, -0.2) is 265 Å². The predicted molar refractivity (Wildman–Crippen MR) is 225 cm³/mol. The van der Waals surface area contributed by atoms with Crippen LogP contribution in [0.5, 0.6) is 0 Å². The Kier molecular flexibility index (Phi) is 22.5. The molecule has 0 radical (unpaired) electrons. The maximum atomic E-state index is 10.9. The van der Waals surface area contributed by atoms with Gasteiger partial charge in [0.2, 0.25) is 0 Å². The molecule has 0 spiro atoms. The lowest BCUT2D eigenvalue weighted by atomic mass is 9.84. The molecule has 2 saturated carbocycles. The third kappa shape index (κ3) is 15.0. The Morgan fingerprint density at radius 3 is 1.37 bits per heavy atom. The van der Waals surface area contributed by atoms with E-state index < -0.39 is 134 Å². The molecule has 0 bridgehead atoms. The van der Waals surface area contributed by atoms with Crippen molar-refractivity contribution in [3.63, 3.8) is 0 Å². The van der Waals surface area contributed by atoms with Gasteiger partial charge in [0.25, 0.3) is 0 Å². The molecule has 22 atom stereocenters. The summed E-state index contributed by atoms with van der Waals surface area (Å²) in [6.07, 6.45) is -16.0. The Morgan fingerprint density at radius 2 is 0.952 bits per heavy atom. The number of likely N-dealkylation sites (N-methyl/N-ethyl adjacent to an activating group) is 2. The molecule has 0 aromatic rings. The third-order valence-electron chi connectivity index (χ3n) is 12.4. The second kappa shape index (κ2) is 25.9. The largest absolute Gasteiger partial charge is 0.389 e. The SMILES string of the molecule is CN(CCCCOCCN(C)C[C@@H](O)COC1C(O)C(N)CC(N)C1OC1OC(CN)C(O)C(O)C1N)C[C@@H](O)COC1C(O)C(N)CC(N)C1OC1OC(CN)C(O)C(O)C1N. The summed E-state index contributed by atoms with van der Waals surface area (Å²) in [4.78, 5) is 3.81. The summed E-state index contributed by atoms with van der Waals surface area (Å²) in [5.41, 5.74) is 48.5. The molecule has 2 saturated heterocycles. The molecule has 2 heterocycles. The Labute approximate surface area is 369 Å². The van der Waals surface area contributed by atoms with E-state index in [0.717, 1.165) is 12.8 Å². The topological polar surface area (TPSA) is 441 Å². The van der Waals surface area contributed by atoms with Crippen LogP contribution < -0.4 is 45.9 Å². The fourth-order valence-corrected chi connectivity index (χ4v) is 8.49. The molecule has 0 amide bonds. The molecule has 25 heteroatoms. The van der Waals surface area contributed by atoms with Crippen LogP contribution >= 0.6 is 0 Å². The molecule has 2 aliphatic heterocycles. The number of ether oxygens (including phenoxy) is 7. The van der Waals surface area contributed by atoms with Gasteiger partial charge in [-0.15, -0.1) is 0 Å². The number of rotatable bonds is 24. The van der Waals surface area contributed by atoms with Crippen molar-refractivity contribution >= 4 is 0 Å². The zero-order chi connectivity index (χ0) is 46.7. The standard InChI is InChI=1S/C38H80N10O15/c1-47(13-17(49)15-58-35-27(51)19(41)9-21(43)33(35)62-37-25(45)31(55)29(53)23(11-39)60-37)5-3-4-7-57-8-6-48(2)14-18(50)16-59-36-28(52)20(42)10-22(44)34(36)63-38-26(46)32(56)30(54)24(12-40)61-38/h17-38,49-56H,3-16,39-46H2,1-2H3/t17-,18-,19?,20?,21?,22?,23?,24?,25?,26?,27?,28?,29?,30?,31?,32?,33?,34?,35?,36?,37?,38?/m1/s1. The molecule has 4 aliphatic rings. The molecule has 2 aliphatic carbocycles. The Hall–Kier alpha value is -1.00. The predicted octanol–water partition coefficient (Wildman–Crippen LogP) is -9.79. The van der Waals surface area contributed by atoms with Crippen molar-refractivity contribution in [3.05, 3.63) is 0 Å². The minimum atomic E-state index is -1.38. The second-order valence-electron chi connectivity index (χ2n) is 17.7. The minimum Gasteiger partial charge on any atom is -0.389 e. The van der Waals surface area contributed by atoms with Gasteiger partial charge in [0, 0.05) is 63.5 Å². The first-order valence-corrected chi connectivity index (χ1v) is 22.0. The number of hydrogen-bond acceptors (Lipinski definition) is 25. The van der Waals surface area contributed by atoms with Crippen LogP contribution in [0.4, 0.5) is 0 Å². The van der Waals surface area contributed by atoms with Crippen molar-refractivity contribution in [3.8, 4) is 0 Å². The van der Waals surface area contributed by atoms with Gasteiger partial charge in [-0.05, 0) is 46.3 Å². The van der Waals surface area contributed by atoms with Gasteiger partial charge in [0.15, 0.2) is 12.6 Å². The van der Waals surface area contributed by atoms with Crippen LogP contribution in [0.2, 0.25) is 0 Å². The fraction of sp³-hybridized carbons (Fsp3) is 1.00. The number of nitrogens with zero attached hydrogens (tertiary/aromatic N) is 2. The van der Waals surface area contributed by atoms with Gasteiger partial charge in [0.05, 0.1) is 56.3 Å². The molecule has 25 nitrogen and oxygen atoms in total. The number of nitrogens with two attached hydrogens (primary N) is 8. The van der Waals surface area contributed by atoms with Gasteiger partial charge < -0.3 is 130 Å². The van der Waals surface area contributed by atoms with Gasteiger partial charge in [-0.25, -0.2) is 0 Å². The highest BCUT2D eigenvalue weighted by atomic mass is 16.7. The minimum absolute atomic E-state index is 0.0977. The Bertz CT molecular complexity index is 1210. The summed E-state index contributed by atoms with van der Waals surface area (Å²) < 4.78 is 41.2. The van der Waals surface area contributed by atoms with E-state index in [1.165, 1.54) is 0 Å². The number of aliphatic hydroxyl groups is 8. The van der Waals surface area contributed by atoms with E-state index in [1.54, 1.807) is 0 Å². The van der Waals surface area contributed by atoms with Crippen molar-refractivity contribution < 1.29 is 74.0 Å². The molecular formula is C38H80N10O15. The van der Waals surface area contributed by atoms with E-state index in [-0.39, 0.29) is 52.2 Å². The maximum Gasteiger partial charge on any atom is 0.176 e. The highest BCUT2D eigenvalue weighted by Gasteiger charge is 2.50. The maximum absolute atomic E-state index is 10.9. The molecule has 63 heavy (non-hydrogen) atoms. The van der Waals surface area contributed by atoms with E-state index >= 15 is 0 Å². The zero-order valence-corrected chi connectivity index (χ0v) is 36.5. The van der Waals surface area contributed by atoms with E-state index in [9.17, 15) is 40.9 Å². The van der Waals surface area contributed by atoms with E-state index in [1.807, 2.05) is 23.9 Å². The lowest BCUT2D eigenvalue weighted by molar-refractivity contribution is -0.292. The van der Waals surface area contributed by atoms with E-state index in [2.05, 4.69) is 0 Å². The summed E-state index contributed by atoms with van der Waals surface area (Å²) in [6, 6.07) is -5.09. The van der Waals surface area contributed by atoms with Gasteiger partial charge >= 0.3 is 0 Å². The van der Waals surface area contributed by atoms with Crippen LogP contribution in [0, 0.1) is 0 Å². The molecule has 372 valence electrons. The number of unbranched alkanes of at least 4 members (excludes halogenated alkanes) is 1. The lowest BCUT2D eigenvalue weighted by Crippen LogP contribution is -2.68. The molecule has 20 unspecified atom stereocenters. The average molecular weight is 917 g/mol. The van der Waals surface area contributed by atoms with Crippen LogP contribution in [0.1, 0.15) is 25.7 Å². The van der Waals surface area contributed by atoms with Crippen LogP contribution in [0.3, 0.4) is 0 Å². The fourth-order valence-electron chi connectivity index (χ4n) is 8.49. The van der Waals surface area contributed by atoms with Gasteiger partial charge in [0.1, 0.15) is 61.0 Å². The molecular weight excluding hydrogens is 836 g/mol. The number of hydrogen-bond donors (Lipinski definition) is 16. The third-order valence-corrected chi connectivity index (χ3v) is 12.4. The first-order chi connectivity index (χ1) is 29.8. The van der Waals surface area contributed by atoms with Gasteiger partial charge in [-0.3, -0.25) is 0 Å². The second-order valence-corrected chi connectivity index (χ2v) is 17.7. The summed E-state index contributed by atoms with van der Waals surface area (Å²) in [6.45, 7) is 2.03. The summed E-state index contributed by atoms with van der Waals surface area (Å²) in [5, 5.41) is 84.7. The zero-order valence-electron chi connectivity index (χ0n) is 36.5. The lowest BCUT2D eigenvalue weighted by Gasteiger charge is -2.47. The van der Waals surface area contributed by atoms with Gasteiger partial charge in [-0.1, -0.05) is 0 Å². The van der Waals surface area contributed by atoms with Gasteiger partial charge in [-0.2, -0.15) is 0 Å². The smallest absolute Gasteiger partial charge is 0.176 e. The van der Waals surface area contributed by atoms with Crippen molar-refractivity contribution in [1.29, 1.82) is 0 Å². The Balaban J connectivity index is 1.11. The van der Waals surface area contributed by atoms with Crippen LogP contribution in [0.25, 0.3) is 0 Å². The quantitative estimate of drug-likeness (QED) is 0.0400. The number of aliphatic hydroxyl groups excluding tert-OH is 8. The monoisotopic (exact) mass is 917 g/mol. The molecule has 4 rings (SSSR count). The molecule has 0 aromatic heterocycles. The summed E-state index contributed by atoms with van der Waals surface area (Å²) in [5.74, 6) is 0. The summed E-state index contributed by atoms with van der Waals surface area (Å²) >= 11 is 0. The van der Waals surface area contributed by atoms with Crippen molar-refractivity contribution in [2.24, 2.45) is 45.9 Å². The first-order valence-electron chi connectivity index (χ1n) is 22.0. The van der Waals surface area contributed by atoms with Crippen molar-refractivity contribution in [1.82, 2.24) is 9.80 Å². The highest BCUT2D eigenvalue weighted by molar-refractivity contribution is 5.02. The summed E-state index contributed by atoms with van der Waals surface area (Å²) in [7, 11) is 3.68. The highest BCUT2D eigenvalue weighted by Crippen LogP contribution is 2.30. The first kappa shape index (κ1) is 54.6. The average Bonchev–Trinajstić information content (AvgIpc) is 3.23. The molecule has 4 fully saturated rings. The molecule has 24 N–H and O–H groups in total. The van der Waals surface area contributed by atoms with Crippen LogP contribution in [0.15, 0.2) is 0 Å². The molecule has 0 aromatic carbocycles. The van der Waals surface area contributed by atoms with Crippen molar-refractivity contribution in [2.75, 3.05) is 79.8 Å². The Morgan fingerprint density at radius 1 is 0.540 bits per heavy atom. The van der Waals surface area contributed by atoms with Crippen molar-refractivity contribution in [2.45, 2.75) is 160 Å². The van der Waals surface area contributed by atoms with E-state index in [4.69, 9.17) is 79.0 Å². The van der Waals surface area contributed by atoms with E-state index in [0.29, 0.717) is 26.3 Å².